The summed E-state index contributed by atoms with van der Waals surface area (Å²) < 4.78 is 0. The van der Waals surface area contributed by atoms with Gasteiger partial charge in [0, 0.05) is 22.3 Å². The molecule has 0 amide bonds. The van der Waals surface area contributed by atoms with E-state index in [1.54, 1.807) is 0 Å². The minimum Gasteiger partial charge on any atom is -0.0984 e. The lowest BCUT2D eigenvalue weighted by atomic mass is 9.89. The highest BCUT2D eigenvalue weighted by Crippen LogP contribution is 2.31. The molecule has 4 aromatic rings. The fourth-order valence-electron chi connectivity index (χ4n) is 3.48. The van der Waals surface area contributed by atoms with Gasteiger partial charge < -0.3 is 0 Å². The summed E-state index contributed by atoms with van der Waals surface area (Å²) in [7, 11) is 0. The number of hydrogen-bond acceptors (Lipinski definition) is 0. The number of rotatable bonds is 2. The van der Waals surface area contributed by atoms with Gasteiger partial charge in [-0.25, -0.2) is 0 Å². The van der Waals surface area contributed by atoms with Crippen LogP contribution in [0.2, 0.25) is 0 Å². The van der Waals surface area contributed by atoms with Crippen LogP contribution in [0.1, 0.15) is 33.4 Å². The zero-order chi connectivity index (χ0) is 20.8. The lowest BCUT2D eigenvalue weighted by Crippen LogP contribution is -1.96. The van der Waals surface area contributed by atoms with Crippen LogP contribution in [0.5, 0.6) is 0 Å². The molecule has 0 N–H and O–H groups in total. The van der Waals surface area contributed by atoms with Crippen LogP contribution in [0.15, 0.2) is 98.1 Å². The molecule has 0 nitrogen and oxygen atoms in total. The van der Waals surface area contributed by atoms with Gasteiger partial charge in [0.2, 0.25) is 0 Å². The molecule has 0 aromatic heterocycles. The van der Waals surface area contributed by atoms with Gasteiger partial charge >= 0.3 is 0 Å². The Bertz CT molecular complexity index is 1240. The van der Waals surface area contributed by atoms with Crippen molar-refractivity contribution >= 4 is 22.9 Å². The Hall–Kier alpha value is -4.26. The van der Waals surface area contributed by atoms with Crippen molar-refractivity contribution in [2.75, 3.05) is 0 Å². The molecule has 0 atom stereocenters. The van der Waals surface area contributed by atoms with E-state index in [4.69, 9.17) is 0 Å². The highest BCUT2D eigenvalue weighted by Gasteiger charge is 2.13. The smallest absolute Gasteiger partial charge is 0.0406 e. The second-order valence-corrected chi connectivity index (χ2v) is 6.76. The molecular weight excluding hydrogens is 360 g/mol. The van der Waals surface area contributed by atoms with E-state index in [9.17, 15) is 0 Å². The van der Waals surface area contributed by atoms with Crippen LogP contribution in [0, 0.1) is 23.7 Å². The molecule has 0 aliphatic rings. The highest BCUT2D eigenvalue weighted by molar-refractivity contribution is 5.99. The Morgan fingerprint density at radius 3 is 1.20 bits per heavy atom. The third-order valence-electron chi connectivity index (χ3n) is 4.91. The van der Waals surface area contributed by atoms with E-state index in [0.717, 1.165) is 44.2 Å². The maximum atomic E-state index is 4.06. The molecule has 0 heterocycles. The van der Waals surface area contributed by atoms with Crippen LogP contribution >= 0.6 is 0 Å². The summed E-state index contributed by atoms with van der Waals surface area (Å²) in [6, 6.07) is 28.3. The second-order valence-electron chi connectivity index (χ2n) is 6.76. The van der Waals surface area contributed by atoms with Gasteiger partial charge in [-0.05, 0) is 46.2 Å². The van der Waals surface area contributed by atoms with E-state index in [2.05, 4.69) is 49.0 Å². The van der Waals surface area contributed by atoms with Gasteiger partial charge in [-0.2, -0.15) is 0 Å². The third kappa shape index (κ3) is 3.81. The monoisotopic (exact) mass is 380 g/mol. The zero-order valence-electron chi connectivity index (χ0n) is 16.7. The number of fused-ring (bicyclic) bond motifs is 1. The first-order valence-electron chi connectivity index (χ1n) is 9.79. The first-order valence-corrected chi connectivity index (χ1v) is 9.79. The van der Waals surface area contributed by atoms with Gasteiger partial charge in [0.15, 0.2) is 0 Å². The SMILES string of the molecule is C=Cc1c(C=C)c(C#Cc2ccccc2)c2ccccc2c1C#Cc1ccccc1. The zero-order valence-corrected chi connectivity index (χ0v) is 16.7. The molecule has 4 rings (SSSR count). The Morgan fingerprint density at radius 2 is 0.833 bits per heavy atom. The molecule has 140 valence electrons. The quantitative estimate of drug-likeness (QED) is 0.331. The van der Waals surface area contributed by atoms with Gasteiger partial charge in [-0.3, -0.25) is 0 Å². The molecule has 0 aliphatic carbocycles. The van der Waals surface area contributed by atoms with E-state index < -0.39 is 0 Å². The van der Waals surface area contributed by atoms with Crippen molar-refractivity contribution in [1.29, 1.82) is 0 Å². The number of benzene rings is 4. The summed E-state index contributed by atoms with van der Waals surface area (Å²) in [6.45, 7) is 8.12. The van der Waals surface area contributed by atoms with Gasteiger partial charge in [-0.1, -0.05) is 110 Å². The van der Waals surface area contributed by atoms with E-state index in [1.165, 1.54) is 0 Å². The predicted molar refractivity (Wildman–Crippen MR) is 129 cm³/mol. The topological polar surface area (TPSA) is 0 Å². The molecule has 4 aromatic carbocycles. The molecule has 0 saturated carbocycles. The Morgan fingerprint density at radius 1 is 0.467 bits per heavy atom. The molecule has 30 heavy (non-hydrogen) atoms. The molecule has 0 aliphatic heterocycles. The van der Waals surface area contributed by atoms with Crippen LogP contribution in [0.25, 0.3) is 22.9 Å². The van der Waals surface area contributed by atoms with Crippen molar-refractivity contribution in [1.82, 2.24) is 0 Å². The maximum absolute atomic E-state index is 4.06. The molecule has 0 fully saturated rings. The summed E-state index contributed by atoms with van der Waals surface area (Å²) in [5.74, 6) is 13.3. The maximum Gasteiger partial charge on any atom is 0.0406 e. The molecule has 0 unspecified atom stereocenters. The third-order valence-corrected chi connectivity index (χ3v) is 4.91. The normalized spacial score (nSPS) is 9.73. The average molecular weight is 380 g/mol. The van der Waals surface area contributed by atoms with Crippen LogP contribution in [-0.2, 0) is 0 Å². The minimum atomic E-state index is 0.949. The fraction of sp³-hybridized carbons (Fsp3) is 0. The molecule has 0 heteroatoms. The van der Waals surface area contributed by atoms with Gasteiger partial charge in [-0.15, -0.1) is 0 Å². The van der Waals surface area contributed by atoms with Gasteiger partial charge in [0.1, 0.15) is 0 Å². The van der Waals surface area contributed by atoms with Gasteiger partial charge in [0.05, 0.1) is 0 Å². The summed E-state index contributed by atoms with van der Waals surface area (Å²) in [6.07, 6.45) is 3.71. The largest absolute Gasteiger partial charge is 0.0984 e. The van der Waals surface area contributed by atoms with Crippen LogP contribution in [0.4, 0.5) is 0 Å². The lowest BCUT2D eigenvalue weighted by Gasteiger charge is -2.13. The van der Waals surface area contributed by atoms with Crippen molar-refractivity contribution in [2.24, 2.45) is 0 Å². The summed E-state index contributed by atoms with van der Waals surface area (Å²) >= 11 is 0. The van der Waals surface area contributed by atoms with Crippen molar-refractivity contribution in [3.05, 3.63) is 131 Å². The van der Waals surface area contributed by atoms with Crippen molar-refractivity contribution in [3.63, 3.8) is 0 Å². The van der Waals surface area contributed by atoms with Crippen LogP contribution in [0.3, 0.4) is 0 Å². The standard InChI is InChI=1S/C30H20/c1-3-25-26(4-2)30(22-20-24-15-9-6-10-16-24)28-18-12-11-17-27(28)29(25)21-19-23-13-7-5-8-14-23/h3-18H,1-2H2. The van der Waals surface area contributed by atoms with E-state index in [-0.39, 0.29) is 0 Å². The average Bonchev–Trinajstić information content (AvgIpc) is 2.82. The molecule has 0 spiro atoms. The fourth-order valence-corrected chi connectivity index (χ4v) is 3.48. The Kier molecular flexibility index (Phi) is 5.61. The molecule has 0 bridgehead atoms. The van der Waals surface area contributed by atoms with Crippen LogP contribution < -0.4 is 0 Å². The van der Waals surface area contributed by atoms with E-state index in [0.29, 0.717) is 0 Å². The first kappa shape index (κ1) is 19.1. The van der Waals surface area contributed by atoms with Gasteiger partial charge in [0.25, 0.3) is 0 Å². The summed E-state index contributed by atoms with van der Waals surface area (Å²) in [4.78, 5) is 0. The van der Waals surface area contributed by atoms with Crippen LogP contribution in [-0.4, -0.2) is 0 Å². The second kappa shape index (κ2) is 8.83. The van der Waals surface area contributed by atoms with E-state index >= 15 is 0 Å². The van der Waals surface area contributed by atoms with Crippen molar-refractivity contribution in [3.8, 4) is 23.7 Å². The summed E-state index contributed by atoms with van der Waals surface area (Å²) in [5.41, 5.74) is 5.78. The van der Waals surface area contributed by atoms with E-state index in [1.807, 2.05) is 84.9 Å². The van der Waals surface area contributed by atoms with Crippen molar-refractivity contribution in [2.45, 2.75) is 0 Å². The Labute approximate surface area is 178 Å². The van der Waals surface area contributed by atoms with Crippen molar-refractivity contribution < 1.29 is 0 Å². The lowest BCUT2D eigenvalue weighted by molar-refractivity contribution is 1.57. The summed E-state index contributed by atoms with van der Waals surface area (Å²) in [5, 5.41) is 2.14. The molecule has 0 radical (unpaired) electrons. The molecular formula is C30H20. The number of hydrogen-bond donors (Lipinski definition) is 0. The predicted octanol–water partition coefficient (Wildman–Crippen LogP) is 6.93. The highest BCUT2D eigenvalue weighted by atomic mass is 14.2. The minimum absolute atomic E-state index is 0.949. The Balaban J connectivity index is 2.00. The molecule has 0 saturated heterocycles. The first-order chi connectivity index (χ1) is 14.8.